The maximum Gasteiger partial charge on any atom is 0.321 e. The summed E-state index contributed by atoms with van der Waals surface area (Å²) in [4.78, 5) is 24.3. The second-order valence-electron chi connectivity index (χ2n) is 4.47. The van der Waals surface area contributed by atoms with Crippen molar-refractivity contribution in [2.75, 3.05) is 20.6 Å². The molecule has 0 radical (unpaired) electrons. The lowest BCUT2D eigenvalue weighted by atomic mass is 10.1. The van der Waals surface area contributed by atoms with Crippen molar-refractivity contribution in [3.8, 4) is 0 Å². The van der Waals surface area contributed by atoms with Gasteiger partial charge in [0.2, 0.25) is 5.91 Å². The van der Waals surface area contributed by atoms with Gasteiger partial charge in [-0.05, 0) is 24.6 Å². The number of carbonyl (C=O) groups is 2. The number of hydrogen-bond acceptors (Lipinski definition) is 3. The number of amides is 3. The van der Waals surface area contributed by atoms with Crippen molar-refractivity contribution in [3.63, 3.8) is 0 Å². The predicted octanol–water partition coefficient (Wildman–Crippen LogP) is 1.14. The van der Waals surface area contributed by atoms with Crippen LogP contribution in [-0.2, 0) is 17.8 Å². The fourth-order valence-corrected chi connectivity index (χ4v) is 1.72. The summed E-state index contributed by atoms with van der Waals surface area (Å²) in [5, 5.41) is 4.58. The minimum Gasteiger partial charge on any atom is -0.341 e. The molecule has 0 fully saturated rings. The van der Waals surface area contributed by atoms with E-state index < -0.39 is 6.03 Å². The molecule has 0 aliphatic rings. The summed E-state index contributed by atoms with van der Waals surface area (Å²) in [5.41, 5.74) is 2.44. The van der Waals surface area contributed by atoms with Crippen LogP contribution in [0.25, 0.3) is 0 Å². The average molecular weight is 263 g/mol. The number of benzene rings is 1. The van der Waals surface area contributed by atoms with Crippen molar-refractivity contribution in [3.05, 3.63) is 35.4 Å². The molecule has 5 heteroatoms. The quantitative estimate of drug-likeness (QED) is 0.837. The molecule has 2 N–H and O–H groups in total. The van der Waals surface area contributed by atoms with E-state index >= 15 is 0 Å². The van der Waals surface area contributed by atoms with E-state index in [9.17, 15) is 9.59 Å². The van der Waals surface area contributed by atoms with Crippen LogP contribution in [0.15, 0.2) is 24.3 Å². The smallest absolute Gasteiger partial charge is 0.321 e. The first-order valence-corrected chi connectivity index (χ1v) is 6.33. The maximum atomic E-state index is 11.5. The summed E-state index contributed by atoms with van der Waals surface area (Å²) in [5.74, 6) is -0.313. The van der Waals surface area contributed by atoms with Crippen LogP contribution in [0.1, 0.15) is 18.1 Å². The largest absolute Gasteiger partial charge is 0.341 e. The Balaban J connectivity index is 2.43. The number of aryl methyl sites for hydroxylation is 1. The van der Waals surface area contributed by atoms with Crippen LogP contribution in [0.5, 0.6) is 0 Å². The maximum absolute atomic E-state index is 11.5. The molecule has 1 rings (SSSR count). The zero-order valence-corrected chi connectivity index (χ0v) is 11.7. The standard InChI is InChI=1S/C14H21N3O2/c1-4-11-5-7-12(8-6-11)9-17(3)10-13(18)16-14(19)15-2/h5-8H,4,9-10H2,1-3H3,(H2,15,16,18,19). The van der Waals surface area contributed by atoms with E-state index in [-0.39, 0.29) is 12.5 Å². The lowest BCUT2D eigenvalue weighted by molar-refractivity contribution is -0.120. The van der Waals surface area contributed by atoms with Crippen LogP contribution in [0.2, 0.25) is 0 Å². The predicted molar refractivity (Wildman–Crippen MR) is 74.8 cm³/mol. The molecule has 0 saturated heterocycles. The summed E-state index contributed by atoms with van der Waals surface area (Å²) < 4.78 is 0. The van der Waals surface area contributed by atoms with Crippen molar-refractivity contribution in [1.82, 2.24) is 15.5 Å². The molecule has 0 saturated carbocycles. The number of hydrogen-bond donors (Lipinski definition) is 2. The lowest BCUT2D eigenvalue weighted by Gasteiger charge is -2.16. The third kappa shape index (κ3) is 5.52. The van der Waals surface area contributed by atoms with Crippen molar-refractivity contribution in [2.45, 2.75) is 19.9 Å². The molecule has 3 amide bonds. The topological polar surface area (TPSA) is 61.4 Å². The average Bonchev–Trinajstić information content (AvgIpc) is 2.39. The fourth-order valence-electron chi connectivity index (χ4n) is 1.72. The van der Waals surface area contributed by atoms with Crippen LogP contribution in [0.3, 0.4) is 0 Å². The number of nitrogens with zero attached hydrogens (tertiary/aromatic N) is 1. The Bertz CT molecular complexity index is 429. The van der Waals surface area contributed by atoms with Gasteiger partial charge in [-0.25, -0.2) is 4.79 Å². The van der Waals surface area contributed by atoms with E-state index in [2.05, 4.69) is 41.8 Å². The second kappa shape index (κ2) is 7.53. The van der Waals surface area contributed by atoms with Crippen LogP contribution in [0.4, 0.5) is 4.79 Å². The molecule has 19 heavy (non-hydrogen) atoms. The second-order valence-corrected chi connectivity index (χ2v) is 4.47. The zero-order chi connectivity index (χ0) is 14.3. The highest BCUT2D eigenvalue weighted by Crippen LogP contribution is 2.07. The van der Waals surface area contributed by atoms with Gasteiger partial charge in [0.15, 0.2) is 0 Å². The van der Waals surface area contributed by atoms with E-state index in [4.69, 9.17) is 0 Å². The summed E-state index contributed by atoms with van der Waals surface area (Å²) in [6.07, 6.45) is 1.02. The van der Waals surface area contributed by atoms with Gasteiger partial charge < -0.3 is 5.32 Å². The minimum absolute atomic E-state index is 0.183. The van der Waals surface area contributed by atoms with Gasteiger partial charge >= 0.3 is 6.03 Å². The van der Waals surface area contributed by atoms with Gasteiger partial charge in [-0.2, -0.15) is 0 Å². The molecule has 0 aliphatic heterocycles. The van der Waals surface area contributed by atoms with E-state index in [1.807, 2.05) is 11.9 Å². The van der Waals surface area contributed by atoms with Crippen LogP contribution in [-0.4, -0.2) is 37.5 Å². The van der Waals surface area contributed by atoms with E-state index in [1.165, 1.54) is 12.6 Å². The first-order valence-electron chi connectivity index (χ1n) is 6.33. The molecule has 0 atom stereocenters. The third-order valence-corrected chi connectivity index (χ3v) is 2.78. The molecule has 0 aromatic heterocycles. The Morgan fingerprint density at radius 3 is 2.26 bits per heavy atom. The van der Waals surface area contributed by atoms with Gasteiger partial charge in [0.05, 0.1) is 6.54 Å². The number of nitrogens with one attached hydrogen (secondary N) is 2. The molecule has 0 spiro atoms. The van der Waals surface area contributed by atoms with Gasteiger partial charge in [0.1, 0.15) is 0 Å². The number of urea groups is 1. The summed E-state index contributed by atoms with van der Waals surface area (Å²) in [6.45, 7) is 2.97. The zero-order valence-electron chi connectivity index (χ0n) is 11.7. The Morgan fingerprint density at radius 2 is 1.74 bits per heavy atom. The SMILES string of the molecule is CCc1ccc(CN(C)CC(=O)NC(=O)NC)cc1. The third-order valence-electron chi connectivity index (χ3n) is 2.78. The van der Waals surface area contributed by atoms with Gasteiger partial charge in [-0.3, -0.25) is 15.0 Å². The van der Waals surface area contributed by atoms with Crippen molar-refractivity contribution >= 4 is 11.9 Å². The lowest BCUT2D eigenvalue weighted by Crippen LogP contribution is -2.42. The van der Waals surface area contributed by atoms with Crippen LogP contribution >= 0.6 is 0 Å². The monoisotopic (exact) mass is 263 g/mol. The van der Waals surface area contributed by atoms with Gasteiger partial charge in [0, 0.05) is 13.6 Å². The van der Waals surface area contributed by atoms with Crippen LogP contribution in [0, 0.1) is 0 Å². The van der Waals surface area contributed by atoms with Crippen molar-refractivity contribution in [2.24, 2.45) is 0 Å². The van der Waals surface area contributed by atoms with E-state index in [1.54, 1.807) is 0 Å². The summed E-state index contributed by atoms with van der Waals surface area (Å²) in [7, 11) is 3.32. The first-order chi connectivity index (χ1) is 9.05. The van der Waals surface area contributed by atoms with Gasteiger partial charge in [0.25, 0.3) is 0 Å². The van der Waals surface area contributed by atoms with E-state index in [0.29, 0.717) is 6.54 Å². The highest BCUT2D eigenvalue weighted by Gasteiger charge is 2.09. The normalized spacial score (nSPS) is 10.3. The molecule has 1 aromatic rings. The Morgan fingerprint density at radius 1 is 1.16 bits per heavy atom. The molecule has 1 aromatic carbocycles. The summed E-state index contributed by atoms with van der Waals surface area (Å²) >= 11 is 0. The fraction of sp³-hybridized carbons (Fsp3) is 0.429. The van der Waals surface area contributed by atoms with E-state index in [0.717, 1.165) is 12.0 Å². The van der Waals surface area contributed by atoms with Gasteiger partial charge in [-0.15, -0.1) is 0 Å². The van der Waals surface area contributed by atoms with Crippen molar-refractivity contribution < 1.29 is 9.59 Å². The number of carbonyl (C=O) groups excluding carboxylic acids is 2. The number of imide groups is 1. The minimum atomic E-state index is -0.481. The number of rotatable bonds is 5. The molecule has 0 aliphatic carbocycles. The summed E-state index contributed by atoms with van der Waals surface area (Å²) in [6, 6.07) is 7.82. The highest BCUT2D eigenvalue weighted by atomic mass is 16.2. The molecule has 0 unspecified atom stereocenters. The van der Waals surface area contributed by atoms with Crippen LogP contribution < -0.4 is 10.6 Å². The first kappa shape index (κ1) is 15.2. The Kier molecular flexibility index (Phi) is 6.02. The molecular formula is C14H21N3O2. The molecule has 104 valence electrons. The van der Waals surface area contributed by atoms with Crippen molar-refractivity contribution in [1.29, 1.82) is 0 Å². The molecule has 0 bridgehead atoms. The molecular weight excluding hydrogens is 242 g/mol. The molecule has 5 nitrogen and oxygen atoms in total. The Hall–Kier alpha value is -1.88. The van der Waals surface area contributed by atoms with Gasteiger partial charge in [-0.1, -0.05) is 31.2 Å². The molecule has 0 heterocycles. The highest BCUT2D eigenvalue weighted by molar-refractivity contribution is 5.95. The Labute approximate surface area is 114 Å². The number of likely N-dealkylation sites (N-methyl/N-ethyl adjacent to an activating group) is 1.